The summed E-state index contributed by atoms with van der Waals surface area (Å²) in [4.78, 5) is 9.91. The Morgan fingerprint density at radius 3 is 1.12 bits per heavy atom. The second-order valence-electron chi connectivity index (χ2n) is 52.3. The van der Waals surface area contributed by atoms with Gasteiger partial charge >= 0.3 is 0 Å². The van der Waals surface area contributed by atoms with Crippen molar-refractivity contribution in [1.29, 1.82) is 0 Å². The van der Waals surface area contributed by atoms with Crippen molar-refractivity contribution in [2.45, 2.75) is 324 Å². The third kappa shape index (κ3) is 22.7. The highest BCUT2D eigenvalue weighted by Crippen LogP contribution is 2.62. The smallest absolute Gasteiger partial charge is 0.120 e. The summed E-state index contributed by atoms with van der Waals surface area (Å²) in [6, 6.07) is 85.2. The zero-order chi connectivity index (χ0) is 98.6. The molecule has 24 saturated carbocycles. The molecular weight excluding hydrogens is 1840 g/mol. The van der Waals surface area contributed by atoms with Crippen LogP contribution >= 0.6 is 22.7 Å². The fraction of sp³-hybridized carbons (Fsp3) is 0.511. The van der Waals surface area contributed by atoms with E-state index >= 15 is 0 Å². The molecule has 770 valence electrons. The second kappa shape index (κ2) is 42.6. The molecule has 24 aliphatic carbocycles. The van der Waals surface area contributed by atoms with Crippen molar-refractivity contribution in [2.24, 2.45) is 107 Å². The van der Waals surface area contributed by atoms with E-state index in [9.17, 15) is 0 Å². The second-order valence-corrected chi connectivity index (χ2v) is 54.1. The molecule has 0 spiro atoms. The lowest BCUT2D eigenvalue weighted by Crippen LogP contribution is -2.58. The van der Waals surface area contributed by atoms with Gasteiger partial charge in [0.15, 0.2) is 0 Å². The number of fused-ring (bicyclic) bond motifs is 2. The Balaban J connectivity index is 0.0000000902. The number of nitrogens with one attached hydrogen (secondary N) is 6. The van der Waals surface area contributed by atoms with Crippen LogP contribution in [0.15, 0.2) is 278 Å². The van der Waals surface area contributed by atoms with Gasteiger partial charge in [0.05, 0.1) is 11.8 Å². The normalized spacial score (nSPS) is 33.3. The minimum Gasteiger partial charge on any atom is -0.489 e. The lowest BCUT2D eigenvalue weighted by molar-refractivity contribution is -0.0207. The fourth-order valence-electron chi connectivity index (χ4n) is 36.6. The lowest BCUT2D eigenvalue weighted by Gasteiger charge is -2.57. The molecule has 0 saturated heterocycles. The molecule has 4 heterocycles. The van der Waals surface area contributed by atoms with Crippen molar-refractivity contribution in [3.63, 3.8) is 0 Å². The lowest BCUT2D eigenvalue weighted by atomic mass is 9.53. The van der Waals surface area contributed by atoms with E-state index in [1.807, 2.05) is 48.4 Å². The maximum atomic E-state index is 6.05. The number of pyridine rings is 1. The quantitative estimate of drug-likeness (QED) is 0.0297. The number of rotatable bonds is 27. The highest BCUT2D eigenvalue weighted by molar-refractivity contribution is 7.13. The molecule has 13 aromatic rings. The summed E-state index contributed by atoms with van der Waals surface area (Å²) in [5.74, 6) is 20.1. The Morgan fingerprint density at radius 2 is 0.676 bits per heavy atom. The zero-order valence-electron chi connectivity index (χ0n) is 88.0. The summed E-state index contributed by atoms with van der Waals surface area (Å²) in [6.45, 7) is 9.52. The molecule has 0 unspecified atom stereocenters. The van der Waals surface area contributed by atoms with Crippen LogP contribution in [-0.2, 0) is 52.5 Å². The third-order valence-electron chi connectivity index (χ3n) is 40.8. The average Bonchev–Trinajstić information content (AvgIpc) is 0.935. The molecule has 13 heteroatoms. The van der Waals surface area contributed by atoms with Crippen molar-refractivity contribution in [3.05, 3.63) is 328 Å². The molecule has 0 radical (unpaired) electrons. The van der Waals surface area contributed by atoms with Gasteiger partial charge < -0.3 is 45.9 Å². The Bertz CT molecular complexity index is 6310. The number of aryl methyl sites for hydroxylation is 1. The van der Waals surface area contributed by atoms with Gasteiger partial charge in [0, 0.05) is 107 Å². The first-order valence-corrected chi connectivity index (χ1v) is 60.5. The molecule has 9 aromatic carbocycles. The Kier molecular flexibility index (Phi) is 28.2. The molecule has 0 amide bonds. The number of hydrogen-bond donors (Lipinski definition) is 6. The Morgan fingerprint density at radius 1 is 0.291 bits per heavy atom. The number of aromatic nitrogens is 3. The van der Waals surface area contributed by atoms with Crippen molar-refractivity contribution < 1.29 is 9.47 Å². The molecular formula is C135H161N9O2S2. The Hall–Kier alpha value is -9.38. The van der Waals surface area contributed by atoms with Gasteiger partial charge in [-0.15, -0.1) is 11.3 Å². The van der Waals surface area contributed by atoms with Crippen molar-refractivity contribution in [1.82, 2.24) is 46.4 Å². The first kappa shape index (κ1) is 98.1. The summed E-state index contributed by atoms with van der Waals surface area (Å²) >= 11 is 3.61. The van der Waals surface area contributed by atoms with Gasteiger partial charge in [-0.3, -0.25) is 4.98 Å². The largest absolute Gasteiger partial charge is 0.489 e. The molecule has 24 fully saturated rings. The number of hydrogen-bond acceptors (Lipinski definition) is 12. The first-order valence-electron chi connectivity index (χ1n) is 58.6. The predicted octanol–water partition coefficient (Wildman–Crippen LogP) is 31.3. The predicted molar refractivity (Wildman–Crippen MR) is 608 cm³/mol. The molecule has 11 nitrogen and oxygen atoms in total. The minimum atomic E-state index is 0.431. The molecule has 0 aliphatic heterocycles. The van der Waals surface area contributed by atoms with Gasteiger partial charge in [0.25, 0.3) is 0 Å². The summed E-state index contributed by atoms with van der Waals surface area (Å²) in [5, 5.41) is 34.4. The average molecular weight is 2010 g/mol. The van der Waals surface area contributed by atoms with Gasteiger partial charge in [-0.05, 0) is 523 Å². The van der Waals surface area contributed by atoms with Crippen LogP contribution in [0.3, 0.4) is 0 Å². The first-order chi connectivity index (χ1) is 72.5. The highest BCUT2D eigenvalue weighted by atomic mass is 32.1. The fourth-order valence-corrected chi connectivity index (χ4v) is 38.0. The number of thiophene rings is 2. The van der Waals surface area contributed by atoms with E-state index in [0.717, 1.165) is 163 Å². The van der Waals surface area contributed by atoms with E-state index in [2.05, 4.69) is 294 Å². The van der Waals surface area contributed by atoms with E-state index < -0.39 is 0 Å². The van der Waals surface area contributed by atoms with Crippen LogP contribution < -0.4 is 41.4 Å². The number of ether oxygens (including phenoxy) is 2. The monoisotopic (exact) mass is 2000 g/mol. The van der Waals surface area contributed by atoms with Crippen LogP contribution in [0.4, 0.5) is 0 Å². The molecule has 4 aromatic heterocycles. The molecule has 6 N–H and O–H groups in total. The van der Waals surface area contributed by atoms with E-state index in [1.54, 1.807) is 11.3 Å². The van der Waals surface area contributed by atoms with E-state index in [0.29, 0.717) is 46.4 Å². The number of imidazole rings is 1. The molecule has 24 bridgehead atoms. The van der Waals surface area contributed by atoms with E-state index in [-0.39, 0.29) is 0 Å². The zero-order valence-corrected chi connectivity index (χ0v) is 89.7. The molecule has 24 aliphatic rings. The minimum absolute atomic E-state index is 0.431. The van der Waals surface area contributed by atoms with Crippen molar-refractivity contribution in [2.75, 3.05) is 0 Å². The van der Waals surface area contributed by atoms with Crippen LogP contribution in [0.1, 0.15) is 281 Å². The van der Waals surface area contributed by atoms with Crippen LogP contribution in [-0.4, -0.2) is 47.8 Å². The van der Waals surface area contributed by atoms with Gasteiger partial charge in [0.2, 0.25) is 0 Å². The molecule has 148 heavy (non-hydrogen) atoms. The van der Waals surface area contributed by atoms with Gasteiger partial charge in [-0.1, -0.05) is 152 Å². The van der Waals surface area contributed by atoms with Gasteiger partial charge in [0.1, 0.15) is 24.7 Å². The van der Waals surface area contributed by atoms with Gasteiger partial charge in [-0.25, -0.2) is 4.98 Å². The van der Waals surface area contributed by atoms with Crippen LogP contribution in [0.5, 0.6) is 11.5 Å². The van der Waals surface area contributed by atoms with Crippen molar-refractivity contribution in [3.8, 4) is 38.8 Å². The maximum absolute atomic E-state index is 6.05. The van der Waals surface area contributed by atoms with E-state index in [1.165, 1.54) is 325 Å². The van der Waals surface area contributed by atoms with E-state index in [4.69, 9.17) is 9.47 Å². The third-order valence-corrected chi connectivity index (χ3v) is 42.4. The number of benzene rings is 9. The summed E-state index contributed by atoms with van der Waals surface area (Å²) in [7, 11) is 0. The summed E-state index contributed by atoms with van der Waals surface area (Å²) in [5.41, 5.74) is 21.3. The van der Waals surface area contributed by atoms with Crippen LogP contribution in [0.2, 0.25) is 0 Å². The summed E-state index contributed by atoms with van der Waals surface area (Å²) in [6.07, 6.45) is 60.4. The summed E-state index contributed by atoms with van der Waals surface area (Å²) < 4.78 is 14.1. The topological polar surface area (TPSA) is 121 Å². The van der Waals surface area contributed by atoms with Gasteiger partial charge in [-0.2, -0.15) is 11.3 Å². The Labute approximate surface area is 890 Å². The van der Waals surface area contributed by atoms with Crippen LogP contribution in [0.25, 0.3) is 48.9 Å². The molecule has 0 atom stereocenters. The standard InChI is InChI=1S/C28H31NO.C25H31NO.2C21H25NS.C20H25N3.C20H24N2/c1-2-4-26-14-21(5-8-25(26)3-1)19-30-27-9-6-20(7-10-27)18-29-28-15-22-11-23(16-28)13-24(12-22)17-28;1-18-9-24(27-17-19-5-3-2-4-6-19)8-7-23(18)16-26-25-13-20-10-21(14-25)12-22(11-20)15-25;1-3-15(10-19(4-1)20-5-2-6-23-20)14-22-21-11-16-7-17(12-21)9-18(8-16)13-21;1-2-15(9-19(3-1)20-4-5-23-14-20)13-22-21-10-16-6-17(11-21)8-18(7-16)12-21;1-3-19(23-6-5-21-14-23)4-2-15(1)13-22-20-10-16-7-17(11-20)9-18(8-16)12-20;1-2-18-9-14(3-4-19(18)21-5-1)13-22-20-10-15-6-16(11-20)8-17(7-15)12-20/h1-10,14,22-24,29H,11-13,15-19H2;2-9,20-22,26H,10-17H2,1H3;1-6,10,16-18,22H,7-9,11-14H2;1-5,9,14,16-18,22H,6-8,10-13H2;1-6,14,16-18,22H,7-13H2;1-5,9,15-17,22H,6-8,10-13H2. The molecule has 37 rings (SSSR count). The number of nitrogens with zero attached hydrogens (tertiary/aromatic N) is 3. The maximum Gasteiger partial charge on any atom is 0.120 e. The van der Waals surface area contributed by atoms with Crippen LogP contribution in [0, 0.1) is 113 Å². The van der Waals surface area contributed by atoms with Crippen molar-refractivity contribution >= 4 is 44.3 Å². The highest BCUT2D eigenvalue weighted by Gasteiger charge is 2.57. The SMILES string of the molecule is Cc1cc(OCc2ccccc2)ccc1CNC12CC3CC(CC(C3)C1)C2.c1cc(CNC23CC4CC(CC(C4)C2)C3)cc(-c2cccs2)c1.c1cc(CNC23CC4CC(CC(C4)C2)C3)cc(-c2ccsc2)c1.c1ccc2cc(COc3ccc(CNC45CC6CC(CC(C6)C4)C5)cc3)ccc2c1.c1cn(-c2ccc(CNC34CC5CC(CC(C5)C3)C4)cc2)cn1.c1cnc2ccc(CNC34CC5CC(CC(C5)C3)C4)cc2c1.